The van der Waals surface area contributed by atoms with Gasteiger partial charge < -0.3 is 5.32 Å². The summed E-state index contributed by atoms with van der Waals surface area (Å²) in [6.45, 7) is 5.26. The average molecular weight is 323 g/mol. The average Bonchev–Trinajstić information content (AvgIpc) is 2.77. The van der Waals surface area contributed by atoms with Crippen LogP contribution >= 0.6 is 0 Å². The minimum Gasteiger partial charge on any atom is -0.309 e. The highest BCUT2D eigenvalue weighted by molar-refractivity contribution is 6.23. The van der Waals surface area contributed by atoms with E-state index in [1.165, 1.54) is 6.92 Å². The van der Waals surface area contributed by atoms with E-state index in [-0.39, 0.29) is 0 Å². The number of benzene rings is 1. The first-order chi connectivity index (χ1) is 11.4. The summed E-state index contributed by atoms with van der Waals surface area (Å²) in [5.41, 5.74) is 2.39. The Hall–Kier alpha value is -3.02. The van der Waals surface area contributed by atoms with Crippen LogP contribution in [0.5, 0.6) is 0 Å². The third kappa shape index (κ3) is 2.67. The molecule has 1 aliphatic rings. The molecule has 0 bridgehead atoms. The maximum absolute atomic E-state index is 12.5. The van der Waals surface area contributed by atoms with Gasteiger partial charge in [0.1, 0.15) is 11.9 Å². The van der Waals surface area contributed by atoms with Crippen LogP contribution in [0.3, 0.4) is 0 Å². The highest BCUT2D eigenvalue weighted by Crippen LogP contribution is 2.24. The number of carbonyl (C=O) groups is 3. The number of amides is 3. The number of imide groups is 1. The SMILES string of the molecule is Cc1cc(C)nc(NC(=O)C(C)N2C(=O)c3ccccc3C2=O)c1. The van der Waals surface area contributed by atoms with Gasteiger partial charge in [-0.15, -0.1) is 0 Å². The molecule has 0 saturated carbocycles. The van der Waals surface area contributed by atoms with Crippen molar-refractivity contribution in [3.8, 4) is 0 Å². The molecule has 1 aromatic heterocycles. The van der Waals surface area contributed by atoms with E-state index in [0.717, 1.165) is 16.2 Å². The van der Waals surface area contributed by atoms with E-state index >= 15 is 0 Å². The van der Waals surface area contributed by atoms with Crippen LogP contribution in [0.4, 0.5) is 5.82 Å². The van der Waals surface area contributed by atoms with Gasteiger partial charge in [-0.25, -0.2) is 4.98 Å². The third-order valence-corrected chi connectivity index (χ3v) is 3.94. The molecule has 2 aromatic rings. The van der Waals surface area contributed by atoms with Crippen LogP contribution in [-0.2, 0) is 4.79 Å². The van der Waals surface area contributed by atoms with Gasteiger partial charge in [0.05, 0.1) is 11.1 Å². The molecule has 0 spiro atoms. The van der Waals surface area contributed by atoms with E-state index in [1.807, 2.05) is 19.9 Å². The number of hydrogen-bond acceptors (Lipinski definition) is 4. The van der Waals surface area contributed by atoms with E-state index in [2.05, 4.69) is 10.3 Å². The lowest BCUT2D eigenvalue weighted by atomic mass is 10.1. The number of hydrogen-bond donors (Lipinski definition) is 1. The lowest BCUT2D eigenvalue weighted by Crippen LogP contribution is -2.45. The Morgan fingerprint density at radius 3 is 2.21 bits per heavy atom. The van der Waals surface area contributed by atoms with E-state index in [1.54, 1.807) is 30.3 Å². The molecule has 1 aliphatic heterocycles. The largest absolute Gasteiger partial charge is 0.309 e. The summed E-state index contributed by atoms with van der Waals surface area (Å²) in [7, 11) is 0. The van der Waals surface area contributed by atoms with Crippen LogP contribution in [-0.4, -0.2) is 33.6 Å². The molecule has 0 fully saturated rings. The summed E-state index contributed by atoms with van der Waals surface area (Å²) in [4.78, 5) is 42.5. The van der Waals surface area contributed by atoms with Crippen molar-refractivity contribution in [2.24, 2.45) is 0 Å². The number of rotatable bonds is 3. The third-order valence-electron chi connectivity index (χ3n) is 3.94. The fourth-order valence-electron chi connectivity index (χ4n) is 2.81. The number of nitrogens with zero attached hydrogens (tertiary/aromatic N) is 2. The molecule has 1 atom stereocenters. The first-order valence-electron chi connectivity index (χ1n) is 7.61. The first kappa shape index (κ1) is 15.9. The Morgan fingerprint density at radius 2 is 1.67 bits per heavy atom. The van der Waals surface area contributed by atoms with Gasteiger partial charge in [-0.05, 0) is 50.6 Å². The quantitative estimate of drug-likeness (QED) is 0.879. The number of aryl methyl sites for hydroxylation is 2. The van der Waals surface area contributed by atoms with Crippen molar-refractivity contribution in [1.29, 1.82) is 0 Å². The molecule has 3 rings (SSSR count). The Kier molecular flexibility index (Phi) is 3.89. The van der Waals surface area contributed by atoms with Crippen LogP contribution < -0.4 is 5.32 Å². The molecule has 0 radical (unpaired) electrons. The van der Waals surface area contributed by atoms with Crippen molar-refractivity contribution in [3.63, 3.8) is 0 Å². The van der Waals surface area contributed by atoms with Crippen molar-refractivity contribution in [2.75, 3.05) is 5.32 Å². The second-order valence-corrected chi connectivity index (χ2v) is 5.86. The molecular formula is C18H17N3O3. The summed E-state index contributed by atoms with van der Waals surface area (Å²) in [6, 6.07) is 9.26. The van der Waals surface area contributed by atoms with E-state index in [0.29, 0.717) is 16.9 Å². The molecule has 0 aliphatic carbocycles. The number of nitrogens with one attached hydrogen (secondary N) is 1. The van der Waals surface area contributed by atoms with Gasteiger partial charge >= 0.3 is 0 Å². The van der Waals surface area contributed by atoms with Crippen molar-refractivity contribution in [3.05, 3.63) is 58.8 Å². The molecule has 2 heterocycles. The molecule has 1 aromatic carbocycles. The first-order valence-corrected chi connectivity index (χ1v) is 7.61. The lowest BCUT2D eigenvalue weighted by Gasteiger charge is -2.21. The van der Waals surface area contributed by atoms with Gasteiger partial charge in [-0.1, -0.05) is 12.1 Å². The predicted molar refractivity (Wildman–Crippen MR) is 88.7 cm³/mol. The number of aromatic nitrogens is 1. The Balaban J connectivity index is 1.82. The summed E-state index contributed by atoms with van der Waals surface area (Å²) >= 11 is 0. The maximum atomic E-state index is 12.5. The maximum Gasteiger partial charge on any atom is 0.262 e. The lowest BCUT2D eigenvalue weighted by molar-refractivity contribution is -0.119. The normalized spacial score (nSPS) is 14.5. The van der Waals surface area contributed by atoms with Crippen LogP contribution in [0, 0.1) is 13.8 Å². The molecule has 6 heteroatoms. The monoisotopic (exact) mass is 323 g/mol. The molecular weight excluding hydrogens is 306 g/mol. The fourth-order valence-corrected chi connectivity index (χ4v) is 2.81. The van der Waals surface area contributed by atoms with Gasteiger partial charge in [-0.2, -0.15) is 0 Å². The van der Waals surface area contributed by atoms with E-state index in [4.69, 9.17) is 0 Å². The van der Waals surface area contributed by atoms with Gasteiger partial charge in [0.15, 0.2) is 0 Å². The molecule has 122 valence electrons. The summed E-state index contributed by atoms with van der Waals surface area (Å²) in [5.74, 6) is -0.957. The zero-order valence-electron chi connectivity index (χ0n) is 13.7. The minimum absolute atomic E-state index is 0.326. The van der Waals surface area contributed by atoms with Gasteiger partial charge in [0.2, 0.25) is 5.91 Å². The zero-order chi connectivity index (χ0) is 17.4. The molecule has 24 heavy (non-hydrogen) atoms. The molecule has 1 unspecified atom stereocenters. The van der Waals surface area contributed by atoms with Crippen molar-refractivity contribution < 1.29 is 14.4 Å². The molecule has 0 saturated heterocycles. The highest BCUT2D eigenvalue weighted by atomic mass is 16.2. The van der Waals surface area contributed by atoms with Crippen LogP contribution in [0.2, 0.25) is 0 Å². The summed E-state index contributed by atoms with van der Waals surface area (Å²) in [5, 5.41) is 2.67. The van der Waals surface area contributed by atoms with Crippen molar-refractivity contribution in [2.45, 2.75) is 26.8 Å². The Morgan fingerprint density at radius 1 is 1.08 bits per heavy atom. The second kappa shape index (κ2) is 5.88. The molecule has 3 amide bonds. The standard InChI is InChI=1S/C18H17N3O3/c1-10-8-11(2)19-15(9-10)20-16(22)12(3)21-17(23)13-6-4-5-7-14(13)18(21)24/h4-9,12H,1-3H3,(H,19,20,22). The Bertz CT molecular complexity index is 805. The minimum atomic E-state index is -0.931. The second-order valence-electron chi connectivity index (χ2n) is 5.86. The molecule has 1 N–H and O–H groups in total. The van der Waals surface area contributed by atoms with Crippen LogP contribution in [0.1, 0.15) is 38.9 Å². The number of carbonyl (C=O) groups excluding carboxylic acids is 3. The highest BCUT2D eigenvalue weighted by Gasteiger charge is 2.40. The van der Waals surface area contributed by atoms with E-state index < -0.39 is 23.8 Å². The number of anilines is 1. The Labute approximate surface area is 139 Å². The van der Waals surface area contributed by atoms with Gasteiger partial charge in [0, 0.05) is 5.69 Å². The summed E-state index contributed by atoms with van der Waals surface area (Å²) < 4.78 is 0. The van der Waals surface area contributed by atoms with E-state index in [9.17, 15) is 14.4 Å². The summed E-state index contributed by atoms with van der Waals surface area (Å²) in [6.07, 6.45) is 0. The van der Waals surface area contributed by atoms with Crippen molar-refractivity contribution in [1.82, 2.24) is 9.88 Å². The number of pyridine rings is 1. The fraction of sp³-hybridized carbons (Fsp3) is 0.222. The smallest absolute Gasteiger partial charge is 0.262 e. The van der Waals surface area contributed by atoms with Crippen LogP contribution in [0.25, 0.3) is 0 Å². The van der Waals surface area contributed by atoms with Crippen LogP contribution in [0.15, 0.2) is 36.4 Å². The molecule has 6 nitrogen and oxygen atoms in total. The number of fused-ring (bicyclic) bond motifs is 1. The van der Waals surface area contributed by atoms with Gasteiger partial charge in [-0.3, -0.25) is 19.3 Å². The van der Waals surface area contributed by atoms with Crippen molar-refractivity contribution >= 4 is 23.5 Å². The topological polar surface area (TPSA) is 79.4 Å². The zero-order valence-corrected chi connectivity index (χ0v) is 13.7. The van der Waals surface area contributed by atoms with Gasteiger partial charge in [0.25, 0.3) is 11.8 Å². The predicted octanol–water partition coefficient (Wildman–Crippen LogP) is 2.32.